The zero-order valence-corrected chi connectivity index (χ0v) is 15.0. The van der Waals surface area contributed by atoms with E-state index in [0.717, 1.165) is 0 Å². The smallest absolute Gasteiger partial charge is 0.326 e. The number of pyridine rings is 1. The zero-order chi connectivity index (χ0) is 18.7. The largest absolute Gasteiger partial charge is 0.480 e. The van der Waals surface area contributed by atoms with Crippen molar-refractivity contribution in [3.63, 3.8) is 0 Å². The zero-order valence-electron chi connectivity index (χ0n) is 13.4. The van der Waals surface area contributed by atoms with E-state index in [1.54, 1.807) is 36.4 Å². The normalized spacial score (nSPS) is 11.9. The summed E-state index contributed by atoms with van der Waals surface area (Å²) in [6.45, 7) is 0. The lowest BCUT2D eigenvalue weighted by Gasteiger charge is -2.16. The molecule has 2 N–H and O–H groups in total. The number of carboxylic acid groups (broad SMARTS) is 1. The second kappa shape index (κ2) is 7.72. The van der Waals surface area contributed by atoms with Crippen molar-refractivity contribution >= 4 is 46.0 Å². The fourth-order valence-electron chi connectivity index (χ4n) is 2.64. The van der Waals surface area contributed by atoms with E-state index in [-0.39, 0.29) is 6.42 Å². The third kappa shape index (κ3) is 3.95. The number of carboxylic acids is 1. The van der Waals surface area contributed by atoms with Crippen LogP contribution in [0.3, 0.4) is 0 Å². The molecule has 0 unspecified atom stereocenters. The summed E-state index contributed by atoms with van der Waals surface area (Å²) >= 11 is 12.0. The highest BCUT2D eigenvalue weighted by atomic mass is 35.5. The highest BCUT2D eigenvalue weighted by Gasteiger charge is 2.23. The van der Waals surface area contributed by atoms with Crippen molar-refractivity contribution in [1.29, 1.82) is 0 Å². The molecule has 1 aromatic heterocycles. The maximum absolute atomic E-state index is 12.6. The summed E-state index contributed by atoms with van der Waals surface area (Å²) in [6.07, 6.45) is 1.56. The fourth-order valence-corrected chi connectivity index (χ4v) is 3.12. The molecule has 0 aliphatic rings. The second-order valence-electron chi connectivity index (χ2n) is 5.68. The van der Waals surface area contributed by atoms with E-state index in [0.29, 0.717) is 32.1 Å². The Morgan fingerprint density at radius 2 is 1.88 bits per heavy atom. The Hall–Kier alpha value is -2.63. The molecular weight excluding hydrogens is 375 g/mol. The predicted octanol–water partition coefficient (Wildman–Crippen LogP) is 3.97. The van der Waals surface area contributed by atoms with Crippen LogP contribution < -0.4 is 5.32 Å². The van der Waals surface area contributed by atoms with E-state index in [2.05, 4.69) is 10.3 Å². The standard InChI is InChI=1S/C19H14Cl2N2O3/c20-12-6-5-11(15(21)10-12)9-17(19(25)26)23-18(24)14-7-8-22-16-4-2-1-3-13(14)16/h1-8,10,17H,9H2,(H,23,24)(H,25,26)/t17-/m1/s1. The number of halogens is 2. The van der Waals surface area contributed by atoms with Crippen LogP contribution in [0.5, 0.6) is 0 Å². The summed E-state index contributed by atoms with van der Waals surface area (Å²) in [5.41, 5.74) is 1.61. The van der Waals surface area contributed by atoms with Crippen molar-refractivity contribution in [2.45, 2.75) is 12.5 Å². The highest BCUT2D eigenvalue weighted by Crippen LogP contribution is 2.22. The van der Waals surface area contributed by atoms with Gasteiger partial charge in [0, 0.05) is 28.0 Å². The van der Waals surface area contributed by atoms with E-state index in [1.165, 1.54) is 12.3 Å². The number of nitrogens with one attached hydrogen (secondary N) is 1. The lowest BCUT2D eigenvalue weighted by molar-refractivity contribution is -0.139. The van der Waals surface area contributed by atoms with Gasteiger partial charge in [0.05, 0.1) is 11.1 Å². The molecule has 0 saturated carbocycles. The van der Waals surface area contributed by atoms with Crippen molar-refractivity contribution in [1.82, 2.24) is 10.3 Å². The number of nitrogens with zero attached hydrogens (tertiary/aromatic N) is 1. The van der Waals surface area contributed by atoms with Crippen LogP contribution in [0.25, 0.3) is 10.9 Å². The van der Waals surface area contributed by atoms with Crippen molar-refractivity contribution in [3.8, 4) is 0 Å². The first-order chi connectivity index (χ1) is 12.5. The van der Waals surface area contributed by atoms with Gasteiger partial charge in [-0.1, -0.05) is 47.5 Å². The monoisotopic (exact) mass is 388 g/mol. The Kier molecular flexibility index (Phi) is 5.40. The quantitative estimate of drug-likeness (QED) is 0.692. The Morgan fingerprint density at radius 1 is 1.12 bits per heavy atom. The number of para-hydroxylation sites is 1. The van der Waals surface area contributed by atoms with Gasteiger partial charge >= 0.3 is 5.97 Å². The van der Waals surface area contributed by atoms with Crippen molar-refractivity contribution < 1.29 is 14.7 Å². The maximum Gasteiger partial charge on any atom is 0.326 e. The fraction of sp³-hybridized carbons (Fsp3) is 0.105. The number of benzene rings is 2. The Morgan fingerprint density at radius 3 is 2.62 bits per heavy atom. The number of aliphatic carboxylic acids is 1. The van der Waals surface area contributed by atoms with Crippen molar-refractivity contribution in [2.24, 2.45) is 0 Å². The Bertz CT molecular complexity index is 986. The maximum atomic E-state index is 12.6. The molecule has 0 radical (unpaired) electrons. The van der Waals surface area contributed by atoms with Gasteiger partial charge in [0.1, 0.15) is 6.04 Å². The van der Waals surface area contributed by atoms with E-state index in [4.69, 9.17) is 23.2 Å². The number of carbonyl (C=O) groups excluding carboxylic acids is 1. The Balaban J connectivity index is 1.85. The van der Waals surface area contributed by atoms with Crippen LogP contribution in [0.1, 0.15) is 15.9 Å². The molecule has 0 spiro atoms. The summed E-state index contributed by atoms with van der Waals surface area (Å²) in [5, 5.41) is 13.5. The molecule has 0 bridgehead atoms. The summed E-state index contributed by atoms with van der Waals surface area (Å²) < 4.78 is 0. The first-order valence-corrected chi connectivity index (χ1v) is 8.52. The Labute approximate surface area is 159 Å². The van der Waals surface area contributed by atoms with Crippen LogP contribution in [-0.4, -0.2) is 28.0 Å². The molecule has 7 heteroatoms. The summed E-state index contributed by atoms with van der Waals surface area (Å²) in [4.78, 5) is 28.5. The molecular formula is C19H14Cl2N2O3. The van der Waals surface area contributed by atoms with Gasteiger partial charge < -0.3 is 10.4 Å². The van der Waals surface area contributed by atoms with Crippen LogP contribution in [0.4, 0.5) is 0 Å². The van der Waals surface area contributed by atoms with Crippen LogP contribution >= 0.6 is 23.2 Å². The van der Waals surface area contributed by atoms with E-state index < -0.39 is 17.9 Å². The van der Waals surface area contributed by atoms with Gasteiger partial charge in [0.25, 0.3) is 5.91 Å². The summed E-state index contributed by atoms with van der Waals surface area (Å²) in [5.74, 6) is -1.64. The number of amides is 1. The SMILES string of the molecule is O=C(N[C@H](Cc1ccc(Cl)cc1Cl)C(=O)O)c1ccnc2ccccc12. The first-order valence-electron chi connectivity index (χ1n) is 7.77. The third-order valence-corrected chi connectivity index (χ3v) is 4.52. The molecule has 132 valence electrons. The number of aromatic nitrogens is 1. The molecule has 0 aliphatic heterocycles. The van der Waals surface area contributed by atoms with Gasteiger partial charge in [0.2, 0.25) is 0 Å². The number of hydrogen-bond acceptors (Lipinski definition) is 3. The molecule has 1 amide bonds. The molecule has 0 aliphatic carbocycles. The minimum atomic E-state index is -1.15. The molecule has 5 nitrogen and oxygen atoms in total. The molecule has 26 heavy (non-hydrogen) atoms. The molecule has 0 fully saturated rings. The minimum Gasteiger partial charge on any atom is -0.480 e. The van der Waals surface area contributed by atoms with Crippen LogP contribution in [-0.2, 0) is 11.2 Å². The molecule has 2 aromatic carbocycles. The van der Waals surface area contributed by atoms with Crippen molar-refractivity contribution in [2.75, 3.05) is 0 Å². The van der Waals surface area contributed by atoms with E-state index >= 15 is 0 Å². The van der Waals surface area contributed by atoms with Gasteiger partial charge in [-0.2, -0.15) is 0 Å². The molecule has 0 saturated heterocycles. The summed E-state index contributed by atoms with van der Waals surface area (Å²) in [7, 11) is 0. The number of fused-ring (bicyclic) bond motifs is 1. The van der Waals surface area contributed by atoms with Gasteiger partial charge in [-0.15, -0.1) is 0 Å². The molecule has 3 rings (SSSR count). The average molecular weight is 389 g/mol. The molecule has 3 aromatic rings. The number of carbonyl (C=O) groups is 2. The highest BCUT2D eigenvalue weighted by molar-refractivity contribution is 6.35. The van der Waals surface area contributed by atoms with Gasteiger partial charge in [-0.3, -0.25) is 9.78 Å². The van der Waals surface area contributed by atoms with Gasteiger partial charge in [-0.05, 0) is 29.8 Å². The number of hydrogen-bond donors (Lipinski definition) is 2. The van der Waals surface area contributed by atoms with E-state index in [9.17, 15) is 14.7 Å². The van der Waals surface area contributed by atoms with Crippen LogP contribution in [0.15, 0.2) is 54.7 Å². The van der Waals surface area contributed by atoms with Crippen LogP contribution in [0, 0.1) is 0 Å². The minimum absolute atomic E-state index is 0.0418. The third-order valence-electron chi connectivity index (χ3n) is 3.94. The molecule has 1 heterocycles. The predicted molar refractivity (Wildman–Crippen MR) is 101 cm³/mol. The van der Waals surface area contributed by atoms with Crippen LogP contribution in [0.2, 0.25) is 10.0 Å². The molecule has 1 atom stereocenters. The van der Waals surface area contributed by atoms with Gasteiger partial charge in [0.15, 0.2) is 0 Å². The number of rotatable bonds is 5. The first kappa shape index (κ1) is 18.2. The average Bonchev–Trinajstić information content (AvgIpc) is 2.62. The van der Waals surface area contributed by atoms with Crippen molar-refractivity contribution in [3.05, 3.63) is 75.9 Å². The van der Waals surface area contributed by atoms with E-state index in [1.807, 2.05) is 6.07 Å². The topological polar surface area (TPSA) is 79.3 Å². The lowest BCUT2D eigenvalue weighted by atomic mass is 10.0. The van der Waals surface area contributed by atoms with Gasteiger partial charge in [-0.25, -0.2) is 4.79 Å². The lowest BCUT2D eigenvalue weighted by Crippen LogP contribution is -2.42. The second-order valence-corrected chi connectivity index (χ2v) is 6.52. The summed E-state index contributed by atoms with van der Waals surface area (Å²) in [6, 6.07) is 12.4.